The maximum absolute atomic E-state index is 12.9. The molecule has 0 spiro atoms. The molecule has 3 aromatic rings. The molecule has 2 heterocycles. The molecule has 0 aliphatic heterocycles. The first-order chi connectivity index (χ1) is 10.2. The molecule has 1 aromatic carbocycles. The number of rotatable bonds is 3. The van der Waals surface area contributed by atoms with Crippen LogP contribution in [-0.2, 0) is 0 Å². The molecule has 0 radical (unpaired) electrons. The van der Waals surface area contributed by atoms with E-state index in [9.17, 15) is 4.39 Å². The van der Waals surface area contributed by atoms with Gasteiger partial charge in [-0.3, -0.25) is 0 Å². The van der Waals surface area contributed by atoms with Crippen molar-refractivity contribution in [3.05, 3.63) is 71.8 Å². The Bertz CT molecular complexity index is 762. The first kappa shape index (κ1) is 13.5. The Morgan fingerprint density at radius 1 is 1.00 bits per heavy atom. The number of ether oxygens (including phenoxy) is 1. The third-order valence-electron chi connectivity index (χ3n) is 2.78. The molecule has 0 N–H and O–H groups in total. The minimum absolute atomic E-state index is 0.280. The topological polar surface area (TPSA) is 35.0 Å². The smallest absolute Gasteiger partial charge is 0.219 e. The van der Waals surface area contributed by atoms with Gasteiger partial charge in [0.1, 0.15) is 16.7 Å². The molecule has 0 aliphatic carbocycles. The van der Waals surface area contributed by atoms with Gasteiger partial charge in [0.05, 0.1) is 5.69 Å². The van der Waals surface area contributed by atoms with Crippen molar-refractivity contribution in [3.63, 3.8) is 0 Å². The summed E-state index contributed by atoms with van der Waals surface area (Å²) in [6, 6.07) is 14.8. The van der Waals surface area contributed by atoms with Crippen LogP contribution >= 0.6 is 11.6 Å². The quantitative estimate of drug-likeness (QED) is 0.656. The second kappa shape index (κ2) is 5.89. The Morgan fingerprint density at radius 2 is 1.81 bits per heavy atom. The molecule has 0 unspecified atom stereocenters. The molecular weight excluding hydrogens is 291 g/mol. The standard InChI is InChI=1S/C16H10ClFN2O/c17-15-10-13(8-9-19-15)21-16-3-1-2-14(20-16)11-4-6-12(18)7-5-11/h1-10H. The first-order valence-electron chi connectivity index (χ1n) is 6.23. The number of aromatic nitrogens is 2. The van der Waals surface area contributed by atoms with E-state index in [1.54, 1.807) is 36.5 Å². The van der Waals surface area contributed by atoms with Gasteiger partial charge in [-0.1, -0.05) is 17.7 Å². The lowest BCUT2D eigenvalue weighted by Crippen LogP contribution is -1.90. The second-order valence-electron chi connectivity index (χ2n) is 4.28. The molecule has 3 nitrogen and oxygen atoms in total. The van der Waals surface area contributed by atoms with Crippen molar-refractivity contribution in [2.24, 2.45) is 0 Å². The monoisotopic (exact) mass is 300 g/mol. The van der Waals surface area contributed by atoms with Crippen molar-refractivity contribution < 1.29 is 9.13 Å². The van der Waals surface area contributed by atoms with Crippen LogP contribution in [0.5, 0.6) is 11.6 Å². The number of nitrogens with zero attached hydrogens (tertiary/aromatic N) is 2. The summed E-state index contributed by atoms with van der Waals surface area (Å²) in [4.78, 5) is 8.27. The van der Waals surface area contributed by atoms with E-state index in [4.69, 9.17) is 16.3 Å². The summed E-state index contributed by atoms with van der Waals surface area (Å²) < 4.78 is 18.6. The van der Waals surface area contributed by atoms with Gasteiger partial charge in [-0.15, -0.1) is 0 Å². The number of halogens is 2. The fourth-order valence-electron chi connectivity index (χ4n) is 1.82. The van der Waals surface area contributed by atoms with Crippen LogP contribution in [-0.4, -0.2) is 9.97 Å². The van der Waals surface area contributed by atoms with Crippen LogP contribution < -0.4 is 4.74 Å². The van der Waals surface area contributed by atoms with Gasteiger partial charge in [-0.25, -0.2) is 14.4 Å². The molecule has 21 heavy (non-hydrogen) atoms. The lowest BCUT2D eigenvalue weighted by atomic mass is 10.1. The lowest BCUT2D eigenvalue weighted by Gasteiger charge is -2.07. The Kier molecular flexibility index (Phi) is 3.79. The zero-order valence-corrected chi connectivity index (χ0v) is 11.6. The summed E-state index contributed by atoms with van der Waals surface area (Å²) in [6.45, 7) is 0. The highest BCUT2D eigenvalue weighted by atomic mass is 35.5. The van der Waals surface area contributed by atoms with Crippen molar-refractivity contribution in [2.75, 3.05) is 0 Å². The maximum atomic E-state index is 12.9. The molecule has 0 fully saturated rings. The van der Waals surface area contributed by atoms with Gasteiger partial charge in [0.15, 0.2) is 0 Å². The number of hydrogen-bond donors (Lipinski definition) is 0. The van der Waals surface area contributed by atoms with Gasteiger partial charge >= 0.3 is 0 Å². The van der Waals surface area contributed by atoms with E-state index in [1.165, 1.54) is 12.1 Å². The number of benzene rings is 1. The van der Waals surface area contributed by atoms with Crippen molar-refractivity contribution in [1.82, 2.24) is 9.97 Å². The van der Waals surface area contributed by atoms with E-state index >= 15 is 0 Å². The largest absolute Gasteiger partial charge is 0.439 e. The fraction of sp³-hybridized carbons (Fsp3) is 0. The van der Waals surface area contributed by atoms with Gasteiger partial charge in [0, 0.05) is 23.9 Å². The summed E-state index contributed by atoms with van der Waals surface area (Å²) in [5.74, 6) is 0.704. The van der Waals surface area contributed by atoms with Crippen molar-refractivity contribution in [1.29, 1.82) is 0 Å². The van der Waals surface area contributed by atoms with E-state index in [1.807, 2.05) is 12.1 Å². The predicted molar refractivity (Wildman–Crippen MR) is 79.0 cm³/mol. The van der Waals surface area contributed by atoms with Gasteiger partial charge < -0.3 is 4.74 Å². The number of pyridine rings is 2. The summed E-state index contributed by atoms with van der Waals surface area (Å²) in [6.07, 6.45) is 1.56. The fourth-order valence-corrected chi connectivity index (χ4v) is 1.99. The predicted octanol–water partition coefficient (Wildman–Crippen LogP) is 4.73. The molecule has 0 aliphatic rings. The molecule has 0 atom stereocenters. The van der Waals surface area contributed by atoms with Crippen LogP contribution in [0.2, 0.25) is 5.15 Å². The molecule has 0 saturated heterocycles. The Labute approximate surface area is 126 Å². The SMILES string of the molecule is Fc1ccc(-c2cccc(Oc3ccnc(Cl)c3)n2)cc1. The number of hydrogen-bond acceptors (Lipinski definition) is 3. The summed E-state index contributed by atoms with van der Waals surface area (Å²) >= 11 is 5.81. The van der Waals surface area contributed by atoms with Gasteiger partial charge in [-0.05, 0) is 36.4 Å². The van der Waals surface area contributed by atoms with E-state index in [2.05, 4.69) is 9.97 Å². The van der Waals surface area contributed by atoms with Gasteiger partial charge in [0.2, 0.25) is 5.88 Å². The van der Waals surface area contributed by atoms with E-state index in [0.29, 0.717) is 22.5 Å². The van der Waals surface area contributed by atoms with Crippen molar-refractivity contribution in [3.8, 4) is 22.9 Å². The Balaban J connectivity index is 1.88. The van der Waals surface area contributed by atoms with Crippen LogP contribution in [0.15, 0.2) is 60.8 Å². The molecule has 0 bridgehead atoms. The molecular formula is C16H10ClFN2O. The third-order valence-corrected chi connectivity index (χ3v) is 2.99. The normalized spacial score (nSPS) is 10.4. The van der Waals surface area contributed by atoms with E-state index in [-0.39, 0.29) is 5.82 Å². The third kappa shape index (κ3) is 3.35. The zero-order chi connectivity index (χ0) is 14.7. The summed E-state index contributed by atoms with van der Waals surface area (Å²) in [7, 11) is 0. The lowest BCUT2D eigenvalue weighted by molar-refractivity contribution is 0.463. The zero-order valence-electron chi connectivity index (χ0n) is 10.8. The van der Waals surface area contributed by atoms with E-state index in [0.717, 1.165) is 5.56 Å². The van der Waals surface area contributed by atoms with Gasteiger partial charge in [0.25, 0.3) is 0 Å². The Morgan fingerprint density at radius 3 is 2.57 bits per heavy atom. The highest BCUT2D eigenvalue weighted by Gasteiger charge is 2.04. The van der Waals surface area contributed by atoms with Crippen molar-refractivity contribution in [2.45, 2.75) is 0 Å². The molecule has 104 valence electrons. The molecule has 0 saturated carbocycles. The minimum Gasteiger partial charge on any atom is -0.439 e. The average molecular weight is 301 g/mol. The first-order valence-corrected chi connectivity index (χ1v) is 6.61. The minimum atomic E-state index is -0.280. The highest BCUT2D eigenvalue weighted by Crippen LogP contribution is 2.24. The van der Waals surface area contributed by atoms with Crippen molar-refractivity contribution >= 4 is 11.6 Å². The maximum Gasteiger partial charge on any atom is 0.219 e. The average Bonchev–Trinajstić information content (AvgIpc) is 2.48. The van der Waals surface area contributed by atoms with Crippen LogP contribution in [0.3, 0.4) is 0 Å². The molecule has 0 amide bonds. The second-order valence-corrected chi connectivity index (χ2v) is 4.67. The van der Waals surface area contributed by atoms with E-state index < -0.39 is 0 Å². The van der Waals surface area contributed by atoms with Crippen LogP contribution in [0.25, 0.3) is 11.3 Å². The molecule has 3 rings (SSSR count). The summed E-state index contributed by atoms with van der Waals surface area (Å²) in [5.41, 5.74) is 1.52. The molecule has 5 heteroatoms. The van der Waals surface area contributed by atoms with Crippen LogP contribution in [0.4, 0.5) is 4.39 Å². The summed E-state index contributed by atoms with van der Waals surface area (Å²) in [5, 5.41) is 0.349. The van der Waals surface area contributed by atoms with Gasteiger partial charge in [-0.2, -0.15) is 0 Å². The molecule has 2 aromatic heterocycles. The Hall–Kier alpha value is -2.46. The van der Waals surface area contributed by atoms with Crippen LogP contribution in [0, 0.1) is 5.82 Å². The van der Waals surface area contributed by atoms with Crippen LogP contribution in [0.1, 0.15) is 0 Å². The highest BCUT2D eigenvalue weighted by molar-refractivity contribution is 6.29.